The van der Waals surface area contributed by atoms with Crippen molar-refractivity contribution in [3.8, 4) is 0 Å². The molecule has 2 heterocycles. The van der Waals surface area contributed by atoms with Crippen LogP contribution in [0.25, 0.3) is 0 Å². The third-order valence-corrected chi connectivity index (χ3v) is 3.01. The molecule has 0 atom stereocenters. The Bertz CT molecular complexity index is 326. The van der Waals surface area contributed by atoms with Crippen LogP contribution in [0.15, 0.2) is 12.5 Å². The fraction of sp³-hybridized carbons (Fsp3) is 0.700. The lowest BCUT2D eigenvalue weighted by atomic mass is 10.1. The average molecular weight is 193 g/mol. The minimum atomic E-state index is -0.104. The van der Waals surface area contributed by atoms with Gasteiger partial charge in [-0.05, 0) is 12.8 Å². The highest BCUT2D eigenvalue weighted by Gasteiger charge is 2.28. The molecule has 4 nitrogen and oxygen atoms in total. The van der Waals surface area contributed by atoms with Crippen LogP contribution in [0.1, 0.15) is 24.6 Å². The number of aliphatic hydroxyl groups excluding tert-OH is 1. The van der Waals surface area contributed by atoms with E-state index in [0.717, 1.165) is 19.6 Å². The number of aromatic nitrogens is 2. The van der Waals surface area contributed by atoms with Gasteiger partial charge >= 0.3 is 0 Å². The molecule has 0 radical (unpaired) electrons. The smallest absolute Gasteiger partial charge is 0.0951 e. The van der Waals surface area contributed by atoms with Crippen LogP contribution in [0, 0.1) is 0 Å². The van der Waals surface area contributed by atoms with Crippen LogP contribution in [0.3, 0.4) is 0 Å². The van der Waals surface area contributed by atoms with E-state index in [4.69, 9.17) is 0 Å². The second-order valence-corrected chi connectivity index (χ2v) is 4.37. The van der Waals surface area contributed by atoms with Gasteiger partial charge in [0.05, 0.1) is 18.1 Å². The first kappa shape index (κ1) is 8.44. The maximum absolute atomic E-state index is 9.17. The summed E-state index contributed by atoms with van der Waals surface area (Å²) in [4.78, 5) is 6.44. The lowest BCUT2D eigenvalue weighted by Gasteiger charge is -2.35. The van der Waals surface area contributed by atoms with Crippen LogP contribution in [0.4, 0.5) is 0 Å². The molecule has 4 heteroatoms. The zero-order valence-electron chi connectivity index (χ0n) is 8.13. The van der Waals surface area contributed by atoms with Crippen molar-refractivity contribution in [3.63, 3.8) is 0 Å². The van der Waals surface area contributed by atoms with Crippen molar-refractivity contribution in [3.05, 3.63) is 18.2 Å². The predicted octanol–water partition coefficient (Wildman–Crippen LogP) is 0.395. The Balaban J connectivity index is 1.67. The summed E-state index contributed by atoms with van der Waals surface area (Å²) < 4.78 is 2.28. The zero-order valence-corrected chi connectivity index (χ0v) is 8.13. The van der Waals surface area contributed by atoms with E-state index in [2.05, 4.69) is 14.5 Å². The van der Waals surface area contributed by atoms with Crippen LogP contribution < -0.4 is 0 Å². The minimum absolute atomic E-state index is 0.104. The molecule has 0 spiro atoms. The maximum atomic E-state index is 9.17. The molecule has 0 aromatic carbocycles. The molecule has 14 heavy (non-hydrogen) atoms. The van der Waals surface area contributed by atoms with E-state index in [-0.39, 0.29) is 6.10 Å². The van der Waals surface area contributed by atoms with Gasteiger partial charge < -0.3 is 9.67 Å². The Hall–Kier alpha value is -0.870. The van der Waals surface area contributed by atoms with Gasteiger partial charge in [0.2, 0.25) is 0 Å². The van der Waals surface area contributed by atoms with Crippen LogP contribution in [-0.2, 0) is 6.54 Å². The Kier molecular flexibility index (Phi) is 1.85. The standard InChI is InChI=1S/C10H15N3O/c14-10-5-12(6-10)4-9-3-11-7-13(9)8-1-2-8/h3,7-8,10,14H,1-2,4-6H2. The fourth-order valence-corrected chi connectivity index (χ4v) is 2.04. The van der Waals surface area contributed by atoms with E-state index in [1.807, 2.05) is 12.5 Å². The Morgan fingerprint density at radius 3 is 2.86 bits per heavy atom. The number of nitrogens with zero attached hydrogens (tertiary/aromatic N) is 3. The first-order chi connectivity index (χ1) is 6.83. The molecule has 1 saturated heterocycles. The van der Waals surface area contributed by atoms with Gasteiger partial charge in [0.25, 0.3) is 0 Å². The number of imidazole rings is 1. The minimum Gasteiger partial charge on any atom is -0.390 e. The summed E-state index contributed by atoms with van der Waals surface area (Å²) in [5, 5.41) is 9.17. The monoisotopic (exact) mass is 193 g/mol. The van der Waals surface area contributed by atoms with Crippen LogP contribution in [0.2, 0.25) is 0 Å². The van der Waals surface area contributed by atoms with E-state index in [0.29, 0.717) is 6.04 Å². The predicted molar refractivity (Wildman–Crippen MR) is 51.8 cm³/mol. The molecule has 1 aliphatic heterocycles. The second-order valence-electron chi connectivity index (χ2n) is 4.37. The summed E-state index contributed by atoms with van der Waals surface area (Å²) in [6.07, 6.45) is 6.37. The SMILES string of the molecule is OC1CN(Cc2cncn2C2CC2)C1. The first-order valence-corrected chi connectivity index (χ1v) is 5.24. The van der Waals surface area contributed by atoms with Gasteiger partial charge in [-0.25, -0.2) is 4.98 Å². The normalized spacial score (nSPS) is 23.8. The maximum Gasteiger partial charge on any atom is 0.0951 e. The van der Waals surface area contributed by atoms with Crippen LogP contribution in [-0.4, -0.2) is 38.8 Å². The van der Waals surface area contributed by atoms with Crippen molar-refractivity contribution in [1.29, 1.82) is 0 Å². The van der Waals surface area contributed by atoms with Crippen molar-refractivity contribution >= 4 is 0 Å². The summed E-state index contributed by atoms with van der Waals surface area (Å²) in [5.74, 6) is 0. The van der Waals surface area contributed by atoms with Gasteiger partial charge in [-0.3, -0.25) is 4.90 Å². The average Bonchev–Trinajstić information content (AvgIpc) is 2.85. The highest BCUT2D eigenvalue weighted by molar-refractivity contribution is 5.04. The first-order valence-electron chi connectivity index (χ1n) is 5.24. The molecule has 1 N–H and O–H groups in total. The Morgan fingerprint density at radius 2 is 2.21 bits per heavy atom. The van der Waals surface area contributed by atoms with Gasteiger partial charge in [-0.2, -0.15) is 0 Å². The summed E-state index contributed by atoms with van der Waals surface area (Å²) in [6.45, 7) is 2.57. The summed E-state index contributed by atoms with van der Waals surface area (Å²) >= 11 is 0. The van der Waals surface area contributed by atoms with Gasteiger partial charge in [-0.1, -0.05) is 0 Å². The quantitative estimate of drug-likeness (QED) is 0.755. The molecular weight excluding hydrogens is 178 g/mol. The van der Waals surface area contributed by atoms with E-state index < -0.39 is 0 Å². The lowest BCUT2D eigenvalue weighted by Crippen LogP contribution is -2.50. The van der Waals surface area contributed by atoms with E-state index in [9.17, 15) is 5.11 Å². The largest absolute Gasteiger partial charge is 0.390 e. The van der Waals surface area contributed by atoms with Gasteiger partial charge in [0.1, 0.15) is 0 Å². The van der Waals surface area contributed by atoms with Gasteiger partial charge in [0, 0.05) is 31.9 Å². The van der Waals surface area contributed by atoms with Gasteiger partial charge in [-0.15, -0.1) is 0 Å². The summed E-state index contributed by atoms with van der Waals surface area (Å²) in [7, 11) is 0. The third-order valence-electron chi connectivity index (χ3n) is 3.01. The molecule has 1 aromatic heterocycles. The van der Waals surface area contributed by atoms with Crippen LogP contribution >= 0.6 is 0 Å². The van der Waals surface area contributed by atoms with E-state index in [1.54, 1.807) is 0 Å². The molecule has 1 saturated carbocycles. The number of hydrogen-bond donors (Lipinski definition) is 1. The van der Waals surface area contributed by atoms with E-state index in [1.165, 1.54) is 18.5 Å². The number of hydrogen-bond acceptors (Lipinski definition) is 3. The molecule has 2 aliphatic rings. The topological polar surface area (TPSA) is 41.3 Å². The molecule has 3 rings (SSSR count). The number of rotatable bonds is 3. The third kappa shape index (κ3) is 1.44. The highest BCUT2D eigenvalue weighted by atomic mass is 16.3. The van der Waals surface area contributed by atoms with Crippen molar-refractivity contribution < 1.29 is 5.11 Å². The number of β-amino-alcohol motifs (C(OH)–C–C–N with tert-alkyl or cyclic N) is 1. The molecular formula is C10H15N3O. The van der Waals surface area contributed by atoms with E-state index >= 15 is 0 Å². The lowest BCUT2D eigenvalue weighted by molar-refractivity contribution is -0.00411. The number of aliphatic hydroxyl groups is 1. The molecule has 1 aromatic rings. The second kappa shape index (κ2) is 3.07. The van der Waals surface area contributed by atoms with Gasteiger partial charge in [0.15, 0.2) is 0 Å². The number of likely N-dealkylation sites (tertiary alicyclic amines) is 1. The Morgan fingerprint density at radius 1 is 1.43 bits per heavy atom. The molecule has 1 aliphatic carbocycles. The van der Waals surface area contributed by atoms with Crippen molar-refractivity contribution in [2.75, 3.05) is 13.1 Å². The molecule has 0 unspecified atom stereocenters. The zero-order chi connectivity index (χ0) is 9.54. The van der Waals surface area contributed by atoms with Crippen LogP contribution in [0.5, 0.6) is 0 Å². The van der Waals surface area contributed by atoms with Crippen molar-refractivity contribution in [1.82, 2.24) is 14.5 Å². The molecule has 2 fully saturated rings. The molecule has 76 valence electrons. The summed E-state index contributed by atoms with van der Waals surface area (Å²) in [6, 6.07) is 0.707. The highest BCUT2D eigenvalue weighted by Crippen LogP contribution is 2.35. The van der Waals surface area contributed by atoms with Crippen molar-refractivity contribution in [2.24, 2.45) is 0 Å². The summed E-state index contributed by atoms with van der Waals surface area (Å²) in [5.41, 5.74) is 1.29. The molecule has 0 bridgehead atoms. The fourth-order valence-electron chi connectivity index (χ4n) is 2.04. The molecule has 0 amide bonds. The van der Waals surface area contributed by atoms with Crippen molar-refractivity contribution in [2.45, 2.75) is 31.5 Å². The Labute approximate surface area is 83.2 Å².